The van der Waals surface area contributed by atoms with Gasteiger partial charge in [-0.2, -0.15) is 0 Å². The Hall–Kier alpha value is -1.98. The maximum Gasteiger partial charge on any atom is 0.240 e. The minimum Gasteiger partial charge on any atom is -0.295 e. The molecule has 1 N–H and O–H groups in total. The fraction of sp³-hybridized carbons (Fsp3) is 0.316. The van der Waals surface area contributed by atoms with E-state index in [9.17, 15) is 13.2 Å². The van der Waals surface area contributed by atoms with Crippen molar-refractivity contribution < 1.29 is 13.2 Å². The number of benzene rings is 2. The molecule has 0 amide bonds. The Balaban J connectivity index is 1.73. The Morgan fingerprint density at radius 1 is 1.12 bits per heavy atom. The fourth-order valence-corrected chi connectivity index (χ4v) is 4.31. The quantitative estimate of drug-likeness (QED) is 0.847. The molecule has 0 heterocycles. The monoisotopic (exact) mass is 343 g/mol. The molecular weight excluding hydrogens is 322 g/mol. The van der Waals surface area contributed by atoms with Crippen molar-refractivity contribution in [2.75, 3.05) is 6.54 Å². The zero-order valence-corrected chi connectivity index (χ0v) is 14.5. The van der Waals surface area contributed by atoms with Gasteiger partial charge in [0.2, 0.25) is 10.0 Å². The second-order valence-electron chi connectivity index (χ2n) is 6.22. The molecule has 1 aliphatic rings. The first-order chi connectivity index (χ1) is 11.5. The highest BCUT2D eigenvalue weighted by molar-refractivity contribution is 7.89. The lowest BCUT2D eigenvalue weighted by atomic mass is 9.83. The molecule has 2 aromatic carbocycles. The zero-order chi connectivity index (χ0) is 17.2. The molecule has 1 atom stereocenters. The topological polar surface area (TPSA) is 63.2 Å². The second-order valence-corrected chi connectivity index (χ2v) is 7.99. The van der Waals surface area contributed by atoms with Crippen LogP contribution >= 0.6 is 0 Å². The normalized spacial score (nSPS) is 17.3. The number of ketones is 1. The van der Waals surface area contributed by atoms with Crippen LogP contribution in [0.25, 0.3) is 0 Å². The van der Waals surface area contributed by atoms with Gasteiger partial charge in [-0.25, -0.2) is 13.1 Å². The maximum absolute atomic E-state index is 12.5. The number of carbonyl (C=O) groups excluding carboxylic acids is 1. The lowest BCUT2D eigenvalue weighted by Gasteiger charge is -2.25. The van der Waals surface area contributed by atoms with Crippen molar-refractivity contribution in [3.05, 3.63) is 65.2 Å². The summed E-state index contributed by atoms with van der Waals surface area (Å²) in [5.74, 6) is 0.131. The third-order valence-corrected chi connectivity index (χ3v) is 6.02. The number of hydrogen-bond acceptors (Lipinski definition) is 3. The van der Waals surface area contributed by atoms with E-state index >= 15 is 0 Å². The highest BCUT2D eigenvalue weighted by atomic mass is 32.2. The third kappa shape index (κ3) is 3.57. The van der Waals surface area contributed by atoms with Crippen molar-refractivity contribution in [1.82, 2.24) is 4.72 Å². The van der Waals surface area contributed by atoms with Crippen LogP contribution in [0.1, 0.15) is 47.2 Å². The van der Waals surface area contributed by atoms with Gasteiger partial charge < -0.3 is 0 Å². The standard InChI is InChI=1S/C19H21NO3S/c1-14(21)15-9-11-18(12-10-15)24(22,23)20-13-17-7-4-6-16-5-2-3-8-19(16)17/h2-3,5,8-12,17,20H,4,6-7,13H2,1H3/t17-/m0/s1. The van der Waals surface area contributed by atoms with Crippen LogP contribution in [0.5, 0.6) is 0 Å². The van der Waals surface area contributed by atoms with E-state index in [0.717, 1.165) is 19.3 Å². The molecule has 4 nitrogen and oxygen atoms in total. The molecule has 1 aliphatic carbocycles. The van der Waals surface area contributed by atoms with E-state index in [0.29, 0.717) is 12.1 Å². The predicted octanol–water partition coefficient (Wildman–Crippen LogP) is 3.29. The van der Waals surface area contributed by atoms with Gasteiger partial charge >= 0.3 is 0 Å². The summed E-state index contributed by atoms with van der Waals surface area (Å²) in [7, 11) is -3.57. The van der Waals surface area contributed by atoms with E-state index in [1.807, 2.05) is 12.1 Å². The number of Topliss-reactive ketones (excluding diaryl/α,β-unsaturated/α-hetero) is 1. The third-order valence-electron chi connectivity index (χ3n) is 4.58. The van der Waals surface area contributed by atoms with Crippen LogP contribution in [-0.2, 0) is 16.4 Å². The number of aryl methyl sites for hydroxylation is 1. The summed E-state index contributed by atoms with van der Waals surface area (Å²) in [5, 5.41) is 0. The maximum atomic E-state index is 12.5. The number of fused-ring (bicyclic) bond motifs is 1. The van der Waals surface area contributed by atoms with E-state index in [-0.39, 0.29) is 16.6 Å². The summed E-state index contributed by atoms with van der Waals surface area (Å²) < 4.78 is 27.7. The molecule has 0 spiro atoms. The van der Waals surface area contributed by atoms with Gasteiger partial charge in [-0.1, -0.05) is 36.4 Å². The highest BCUT2D eigenvalue weighted by Gasteiger charge is 2.22. The van der Waals surface area contributed by atoms with Crippen molar-refractivity contribution >= 4 is 15.8 Å². The molecule has 0 aromatic heterocycles. The number of carbonyl (C=O) groups is 1. The molecule has 0 unspecified atom stereocenters. The van der Waals surface area contributed by atoms with Gasteiger partial charge in [-0.05, 0) is 55.4 Å². The van der Waals surface area contributed by atoms with Crippen LogP contribution in [0, 0.1) is 0 Å². The largest absolute Gasteiger partial charge is 0.295 e. The molecule has 0 aliphatic heterocycles. The van der Waals surface area contributed by atoms with Gasteiger partial charge in [0.25, 0.3) is 0 Å². The van der Waals surface area contributed by atoms with Crippen LogP contribution in [0.3, 0.4) is 0 Å². The molecule has 0 saturated heterocycles. The molecule has 24 heavy (non-hydrogen) atoms. The smallest absolute Gasteiger partial charge is 0.240 e. The van der Waals surface area contributed by atoms with Crippen LogP contribution < -0.4 is 4.72 Å². The molecule has 3 rings (SSSR count). The SMILES string of the molecule is CC(=O)c1ccc(S(=O)(=O)NC[C@@H]2CCCc3ccccc32)cc1. The van der Waals surface area contributed by atoms with E-state index in [2.05, 4.69) is 16.9 Å². The van der Waals surface area contributed by atoms with E-state index in [1.165, 1.54) is 30.2 Å². The number of nitrogens with one attached hydrogen (secondary N) is 1. The lowest BCUT2D eigenvalue weighted by Crippen LogP contribution is -2.30. The fourth-order valence-electron chi connectivity index (χ4n) is 3.23. The van der Waals surface area contributed by atoms with E-state index in [4.69, 9.17) is 0 Å². The zero-order valence-electron chi connectivity index (χ0n) is 13.7. The summed E-state index contributed by atoms with van der Waals surface area (Å²) in [6, 6.07) is 14.3. The van der Waals surface area contributed by atoms with Crippen LogP contribution in [0.15, 0.2) is 53.4 Å². The number of sulfonamides is 1. The Morgan fingerprint density at radius 3 is 2.54 bits per heavy atom. The van der Waals surface area contributed by atoms with Gasteiger partial charge in [0, 0.05) is 12.1 Å². The summed E-state index contributed by atoms with van der Waals surface area (Å²) >= 11 is 0. The first-order valence-electron chi connectivity index (χ1n) is 8.16. The molecule has 0 saturated carbocycles. The van der Waals surface area contributed by atoms with E-state index < -0.39 is 10.0 Å². The van der Waals surface area contributed by atoms with Gasteiger partial charge in [-0.15, -0.1) is 0 Å². The van der Waals surface area contributed by atoms with Crippen molar-refractivity contribution in [2.45, 2.75) is 37.0 Å². The van der Waals surface area contributed by atoms with E-state index in [1.54, 1.807) is 12.1 Å². The molecule has 0 radical (unpaired) electrons. The van der Waals surface area contributed by atoms with Crippen molar-refractivity contribution in [2.24, 2.45) is 0 Å². The molecule has 2 aromatic rings. The average molecular weight is 343 g/mol. The minimum absolute atomic E-state index is 0.0780. The van der Waals surface area contributed by atoms with Gasteiger partial charge in [0.1, 0.15) is 0 Å². The predicted molar refractivity (Wildman–Crippen MR) is 93.8 cm³/mol. The lowest BCUT2D eigenvalue weighted by molar-refractivity contribution is 0.101. The van der Waals surface area contributed by atoms with Crippen LogP contribution in [-0.4, -0.2) is 20.7 Å². The first kappa shape index (κ1) is 16.9. The summed E-state index contributed by atoms with van der Waals surface area (Å²) in [5.41, 5.74) is 3.08. The van der Waals surface area contributed by atoms with Gasteiger partial charge in [0.15, 0.2) is 5.78 Å². The second kappa shape index (κ2) is 6.87. The Morgan fingerprint density at radius 2 is 1.83 bits per heavy atom. The average Bonchev–Trinajstić information content (AvgIpc) is 2.60. The summed E-state index contributed by atoms with van der Waals surface area (Å²) in [6.45, 7) is 1.86. The van der Waals surface area contributed by atoms with Crippen molar-refractivity contribution in [3.63, 3.8) is 0 Å². The molecule has 5 heteroatoms. The summed E-state index contributed by atoms with van der Waals surface area (Å²) in [4.78, 5) is 11.5. The minimum atomic E-state index is -3.57. The van der Waals surface area contributed by atoms with Crippen LogP contribution in [0.2, 0.25) is 0 Å². The van der Waals surface area contributed by atoms with Crippen molar-refractivity contribution in [1.29, 1.82) is 0 Å². The number of hydrogen-bond donors (Lipinski definition) is 1. The Bertz CT molecular complexity index is 841. The van der Waals surface area contributed by atoms with Gasteiger partial charge in [-0.3, -0.25) is 4.79 Å². The number of rotatable bonds is 5. The Kier molecular flexibility index (Phi) is 4.83. The summed E-state index contributed by atoms with van der Waals surface area (Å²) in [6.07, 6.45) is 3.13. The highest BCUT2D eigenvalue weighted by Crippen LogP contribution is 2.31. The van der Waals surface area contributed by atoms with Crippen molar-refractivity contribution in [3.8, 4) is 0 Å². The molecular formula is C19H21NO3S. The van der Waals surface area contributed by atoms with Crippen LogP contribution in [0.4, 0.5) is 0 Å². The first-order valence-corrected chi connectivity index (χ1v) is 9.64. The van der Waals surface area contributed by atoms with Gasteiger partial charge in [0.05, 0.1) is 4.90 Å². The molecule has 126 valence electrons. The molecule has 0 fully saturated rings. The Labute approximate surface area is 143 Å². The molecule has 0 bridgehead atoms.